The highest BCUT2D eigenvalue weighted by atomic mass is 35.5. The van der Waals surface area contributed by atoms with E-state index in [0.717, 1.165) is 23.1 Å². The zero-order valence-electron chi connectivity index (χ0n) is 12.3. The molecular formula is C18H15Cl2NO2. The Morgan fingerprint density at radius 1 is 0.826 bits per heavy atom. The lowest BCUT2D eigenvalue weighted by Gasteiger charge is -2.10. The standard InChI is InChI=1S/C18H15Cl2NO2/c19-14-7-2-8-15(17(14)20)22-11-4-12-23-16-9-1-5-13-6-3-10-21-18(13)16/h1-3,5-10H,4,11-12H2. The van der Waals surface area contributed by atoms with Crippen molar-refractivity contribution in [3.63, 3.8) is 0 Å². The highest BCUT2D eigenvalue weighted by molar-refractivity contribution is 6.42. The molecule has 1 heterocycles. The first-order chi connectivity index (χ1) is 11.3. The number of fused-ring (bicyclic) bond motifs is 1. The Labute approximate surface area is 144 Å². The second-order valence-electron chi connectivity index (χ2n) is 4.93. The van der Waals surface area contributed by atoms with Crippen LogP contribution in [0.3, 0.4) is 0 Å². The number of hydrogen-bond donors (Lipinski definition) is 0. The van der Waals surface area contributed by atoms with Crippen LogP contribution in [0.25, 0.3) is 10.9 Å². The smallest absolute Gasteiger partial charge is 0.145 e. The second kappa shape index (κ2) is 7.53. The number of nitrogens with zero attached hydrogens (tertiary/aromatic N) is 1. The molecule has 0 radical (unpaired) electrons. The third-order valence-electron chi connectivity index (χ3n) is 3.32. The lowest BCUT2D eigenvalue weighted by molar-refractivity contribution is 0.249. The molecule has 0 saturated carbocycles. The highest BCUT2D eigenvalue weighted by Crippen LogP contribution is 2.31. The summed E-state index contributed by atoms with van der Waals surface area (Å²) in [7, 11) is 0. The first-order valence-electron chi connectivity index (χ1n) is 7.29. The minimum Gasteiger partial charge on any atom is -0.492 e. The Balaban J connectivity index is 1.53. The van der Waals surface area contributed by atoms with E-state index in [4.69, 9.17) is 32.7 Å². The summed E-state index contributed by atoms with van der Waals surface area (Å²) in [4.78, 5) is 4.36. The summed E-state index contributed by atoms with van der Waals surface area (Å²) < 4.78 is 11.4. The fourth-order valence-corrected chi connectivity index (χ4v) is 2.56. The van der Waals surface area contributed by atoms with E-state index >= 15 is 0 Å². The molecule has 0 N–H and O–H groups in total. The maximum absolute atomic E-state index is 6.07. The maximum atomic E-state index is 6.07. The predicted molar refractivity (Wildman–Crippen MR) is 93.8 cm³/mol. The van der Waals surface area contributed by atoms with Crippen LogP contribution in [0.2, 0.25) is 10.0 Å². The molecule has 1 aromatic heterocycles. The van der Waals surface area contributed by atoms with Gasteiger partial charge in [-0.1, -0.05) is 47.5 Å². The van der Waals surface area contributed by atoms with Gasteiger partial charge in [-0.15, -0.1) is 0 Å². The number of para-hydroxylation sites is 1. The summed E-state index contributed by atoms with van der Waals surface area (Å²) in [6.45, 7) is 1.03. The quantitative estimate of drug-likeness (QED) is 0.560. The zero-order valence-corrected chi connectivity index (χ0v) is 13.8. The maximum Gasteiger partial charge on any atom is 0.145 e. The van der Waals surface area contributed by atoms with Crippen molar-refractivity contribution in [3.8, 4) is 11.5 Å². The molecule has 2 aromatic carbocycles. The number of halogens is 2. The van der Waals surface area contributed by atoms with E-state index < -0.39 is 0 Å². The largest absolute Gasteiger partial charge is 0.492 e. The fraction of sp³-hybridized carbons (Fsp3) is 0.167. The van der Waals surface area contributed by atoms with Gasteiger partial charge in [-0.2, -0.15) is 0 Å². The Kier molecular flexibility index (Phi) is 5.21. The summed E-state index contributed by atoms with van der Waals surface area (Å²) >= 11 is 12.0. The van der Waals surface area contributed by atoms with Gasteiger partial charge in [0, 0.05) is 18.0 Å². The van der Waals surface area contributed by atoms with Gasteiger partial charge in [0.25, 0.3) is 0 Å². The Bertz CT molecular complexity index is 803. The van der Waals surface area contributed by atoms with Crippen LogP contribution in [0.15, 0.2) is 54.7 Å². The van der Waals surface area contributed by atoms with E-state index in [1.807, 2.05) is 36.4 Å². The Morgan fingerprint density at radius 3 is 2.39 bits per heavy atom. The zero-order chi connectivity index (χ0) is 16.1. The molecule has 3 rings (SSSR count). The molecule has 0 spiro atoms. The molecule has 3 aromatic rings. The van der Waals surface area contributed by atoms with Crippen LogP contribution in [0.1, 0.15) is 6.42 Å². The van der Waals surface area contributed by atoms with Crippen molar-refractivity contribution in [2.24, 2.45) is 0 Å². The molecule has 0 atom stereocenters. The summed E-state index contributed by atoms with van der Waals surface area (Å²) in [5, 5.41) is 1.99. The molecule has 0 unspecified atom stereocenters. The van der Waals surface area contributed by atoms with Crippen molar-refractivity contribution < 1.29 is 9.47 Å². The van der Waals surface area contributed by atoms with E-state index in [-0.39, 0.29) is 0 Å². The van der Waals surface area contributed by atoms with Gasteiger partial charge >= 0.3 is 0 Å². The lowest BCUT2D eigenvalue weighted by atomic mass is 10.2. The summed E-state index contributed by atoms with van der Waals surface area (Å²) in [5.41, 5.74) is 0.869. The third kappa shape index (κ3) is 3.87. The molecule has 5 heteroatoms. The number of hydrogen-bond acceptors (Lipinski definition) is 3. The van der Waals surface area contributed by atoms with E-state index in [1.54, 1.807) is 18.3 Å². The molecule has 0 fully saturated rings. The molecule has 118 valence electrons. The van der Waals surface area contributed by atoms with Crippen LogP contribution in [0, 0.1) is 0 Å². The lowest BCUT2D eigenvalue weighted by Crippen LogP contribution is -2.05. The molecule has 0 aliphatic heterocycles. The average Bonchev–Trinajstić information content (AvgIpc) is 2.58. The molecule has 0 saturated heterocycles. The van der Waals surface area contributed by atoms with Gasteiger partial charge in [0.05, 0.1) is 18.2 Å². The van der Waals surface area contributed by atoms with Crippen molar-refractivity contribution in [1.29, 1.82) is 0 Å². The van der Waals surface area contributed by atoms with Crippen molar-refractivity contribution in [2.75, 3.05) is 13.2 Å². The minimum atomic E-state index is 0.438. The third-order valence-corrected chi connectivity index (χ3v) is 4.12. The van der Waals surface area contributed by atoms with Gasteiger partial charge in [-0.3, -0.25) is 4.98 Å². The van der Waals surface area contributed by atoms with Gasteiger partial charge in [-0.05, 0) is 24.3 Å². The summed E-state index contributed by atoms with van der Waals surface area (Å²) in [5.74, 6) is 1.37. The molecular weight excluding hydrogens is 333 g/mol. The summed E-state index contributed by atoms with van der Waals surface area (Å²) in [6.07, 6.45) is 2.49. The van der Waals surface area contributed by atoms with E-state index in [2.05, 4.69) is 4.98 Å². The predicted octanol–water partition coefficient (Wildman–Crippen LogP) is 5.39. The average molecular weight is 348 g/mol. The topological polar surface area (TPSA) is 31.4 Å². The molecule has 0 amide bonds. The number of pyridine rings is 1. The molecule has 23 heavy (non-hydrogen) atoms. The Morgan fingerprint density at radius 2 is 1.52 bits per heavy atom. The molecule has 0 aliphatic rings. The van der Waals surface area contributed by atoms with Gasteiger partial charge in [0.1, 0.15) is 22.0 Å². The molecule has 0 bridgehead atoms. The van der Waals surface area contributed by atoms with Gasteiger partial charge in [-0.25, -0.2) is 0 Å². The van der Waals surface area contributed by atoms with Crippen LogP contribution < -0.4 is 9.47 Å². The van der Waals surface area contributed by atoms with Crippen molar-refractivity contribution in [1.82, 2.24) is 4.98 Å². The van der Waals surface area contributed by atoms with E-state index in [9.17, 15) is 0 Å². The van der Waals surface area contributed by atoms with E-state index in [0.29, 0.717) is 29.0 Å². The number of ether oxygens (including phenoxy) is 2. The number of aromatic nitrogens is 1. The minimum absolute atomic E-state index is 0.438. The van der Waals surface area contributed by atoms with Crippen LogP contribution in [-0.2, 0) is 0 Å². The molecule has 0 aliphatic carbocycles. The number of rotatable bonds is 6. The van der Waals surface area contributed by atoms with E-state index in [1.165, 1.54) is 0 Å². The summed E-state index contributed by atoms with van der Waals surface area (Å²) in [6, 6.07) is 15.2. The van der Waals surface area contributed by atoms with Gasteiger partial charge in [0.15, 0.2) is 0 Å². The first kappa shape index (κ1) is 15.9. The Hall–Kier alpha value is -1.97. The normalized spacial score (nSPS) is 10.7. The van der Waals surface area contributed by atoms with Crippen LogP contribution in [0.5, 0.6) is 11.5 Å². The molecule has 3 nitrogen and oxygen atoms in total. The van der Waals surface area contributed by atoms with Crippen molar-refractivity contribution in [3.05, 3.63) is 64.8 Å². The monoisotopic (exact) mass is 347 g/mol. The fourth-order valence-electron chi connectivity index (χ4n) is 2.21. The SMILES string of the molecule is Clc1cccc(OCCCOc2cccc3cccnc23)c1Cl. The number of benzene rings is 2. The van der Waals surface area contributed by atoms with Crippen molar-refractivity contribution in [2.45, 2.75) is 6.42 Å². The first-order valence-corrected chi connectivity index (χ1v) is 8.04. The van der Waals surface area contributed by atoms with Crippen LogP contribution in [0.4, 0.5) is 0 Å². The second-order valence-corrected chi connectivity index (χ2v) is 5.72. The van der Waals surface area contributed by atoms with Gasteiger partial charge in [0.2, 0.25) is 0 Å². The van der Waals surface area contributed by atoms with Crippen molar-refractivity contribution >= 4 is 34.1 Å². The van der Waals surface area contributed by atoms with Crippen LogP contribution >= 0.6 is 23.2 Å². The van der Waals surface area contributed by atoms with Crippen LogP contribution in [-0.4, -0.2) is 18.2 Å². The van der Waals surface area contributed by atoms with Gasteiger partial charge < -0.3 is 9.47 Å². The highest BCUT2D eigenvalue weighted by Gasteiger charge is 2.06.